The van der Waals surface area contributed by atoms with E-state index in [1.165, 1.54) is 5.56 Å². The van der Waals surface area contributed by atoms with Crippen molar-refractivity contribution in [3.63, 3.8) is 0 Å². The molecular weight excluding hydrogens is 202 g/mol. The quantitative estimate of drug-likeness (QED) is 0.832. The van der Waals surface area contributed by atoms with Crippen LogP contribution < -0.4 is 10.1 Å². The molecule has 0 bridgehead atoms. The normalized spacial score (nSPS) is 21.1. The molecule has 0 aromatic heterocycles. The van der Waals surface area contributed by atoms with Gasteiger partial charge in [0, 0.05) is 6.54 Å². The Morgan fingerprint density at radius 2 is 1.94 bits per heavy atom. The van der Waals surface area contributed by atoms with E-state index in [0.717, 1.165) is 12.3 Å². The van der Waals surface area contributed by atoms with Gasteiger partial charge in [0.15, 0.2) is 0 Å². The van der Waals surface area contributed by atoms with Crippen molar-refractivity contribution in [2.45, 2.75) is 32.5 Å². The first-order chi connectivity index (χ1) is 7.54. The molecule has 1 aromatic rings. The maximum Gasteiger partial charge on any atom is 0.120 e. The first-order valence-corrected chi connectivity index (χ1v) is 5.66. The zero-order valence-corrected chi connectivity index (χ0v) is 10.1. The average Bonchev–Trinajstić information content (AvgIpc) is 2.69. The van der Waals surface area contributed by atoms with Crippen LogP contribution in [0.4, 0.5) is 0 Å². The molecule has 0 amide bonds. The Bertz CT molecular complexity index is 334. The molecule has 1 saturated heterocycles. The van der Waals surface area contributed by atoms with Crippen molar-refractivity contribution in [3.05, 3.63) is 29.8 Å². The van der Waals surface area contributed by atoms with Gasteiger partial charge in [-0.3, -0.25) is 5.32 Å². The van der Waals surface area contributed by atoms with E-state index in [4.69, 9.17) is 9.47 Å². The lowest BCUT2D eigenvalue weighted by molar-refractivity contribution is 0.113. The molecule has 1 aromatic carbocycles. The molecule has 0 radical (unpaired) electrons. The minimum atomic E-state index is -0.146. The lowest BCUT2D eigenvalue weighted by atomic mass is 10.1. The predicted molar refractivity (Wildman–Crippen MR) is 63.5 cm³/mol. The summed E-state index contributed by atoms with van der Waals surface area (Å²) in [7, 11) is 0. The molecule has 1 aliphatic rings. The number of hydrogen-bond acceptors (Lipinski definition) is 3. The topological polar surface area (TPSA) is 30.5 Å². The largest absolute Gasteiger partial charge is 0.488 e. The number of ether oxygens (including phenoxy) is 2. The summed E-state index contributed by atoms with van der Waals surface area (Å²) in [5.41, 5.74) is 1.05. The van der Waals surface area contributed by atoms with Crippen molar-refractivity contribution in [1.82, 2.24) is 5.32 Å². The molecule has 16 heavy (non-hydrogen) atoms. The molecule has 1 atom stereocenters. The van der Waals surface area contributed by atoms with Crippen LogP contribution in [-0.4, -0.2) is 18.9 Å². The van der Waals surface area contributed by atoms with E-state index >= 15 is 0 Å². The Kier molecular flexibility index (Phi) is 3.17. The van der Waals surface area contributed by atoms with Crippen molar-refractivity contribution < 1.29 is 9.47 Å². The van der Waals surface area contributed by atoms with Crippen molar-refractivity contribution in [1.29, 1.82) is 0 Å². The number of nitrogens with one attached hydrogen (secondary N) is 1. The maximum absolute atomic E-state index is 5.76. The SMILES string of the molecule is CC(C)(C)Oc1ccc(C2CNCO2)cc1. The van der Waals surface area contributed by atoms with Gasteiger partial charge in [0.1, 0.15) is 11.4 Å². The molecule has 1 N–H and O–H groups in total. The van der Waals surface area contributed by atoms with Gasteiger partial charge in [-0.25, -0.2) is 0 Å². The van der Waals surface area contributed by atoms with Gasteiger partial charge in [-0.2, -0.15) is 0 Å². The van der Waals surface area contributed by atoms with E-state index < -0.39 is 0 Å². The fraction of sp³-hybridized carbons (Fsp3) is 0.538. The predicted octanol–water partition coefficient (Wildman–Crippen LogP) is 2.48. The Morgan fingerprint density at radius 3 is 2.44 bits per heavy atom. The van der Waals surface area contributed by atoms with E-state index in [1.807, 2.05) is 32.9 Å². The zero-order chi connectivity index (χ0) is 11.6. The fourth-order valence-electron chi connectivity index (χ4n) is 1.73. The van der Waals surface area contributed by atoms with E-state index in [9.17, 15) is 0 Å². The minimum Gasteiger partial charge on any atom is -0.488 e. The molecule has 3 nitrogen and oxygen atoms in total. The molecule has 0 aliphatic carbocycles. The summed E-state index contributed by atoms with van der Waals surface area (Å²) in [5, 5.41) is 3.17. The summed E-state index contributed by atoms with van der Waals surface area (Å²) in [6.07, 6.45) is 0.184. The van der Waals surface area contributed by atoms with Gasteiger partial charge in [0.25, 0.3) is 0 Å². The van der Waals surface area contributed by atoms with Crippen molar-refractivity contribution in [2.75, 3.05) is 13.3 Å². The van der Waals surface area contributed by atoms with Crippen LogP contribution in [-0.2, 0) is 4.74 Å². The second-order valence-electron chi connectivity index (χ2n) is 5.04. The number of hydrogen-bond donors (Lipinski definition) is 1. The van der Waals surface area contributed by atoms with Crippen molar-refractivity contribution in [3.8, 4) is 5.75 Å². The van der Waals surface area contributed by atoms with Gasteiger partial charge in [-0.05, 0) is 38.5 Å². The summed E-state index contributed by atoms with van der Waals surface area (Å²) in [5.74, 6) is 0.905. The first kappa shape index (κ1) is 11.4. The monoisotopic (exact) mass is 221 g/mol. The van der Waals surface area contributed by atoms with Gasteiger partial charge < -0.3 is 9.47 Å². The molecule has 1 fully saturated rings. The Hall–Kier alpha value is -1.06. The first-order valence-electron chi connectivity index (χ1n) is 5.66. The van der Waals surface area contributed by atoms with E-state index in [-0.39, 0.29) is 11.7 Å². The standard InChI is InChI=1S/C13H19NO2/c1-13(2,3)16-11-6-4-10(5-7-11)12-8-14-9-15-12/h4-7,12,14H,8-9H2,1-3H3. The van der Waals surface area contributed by atoms with Crippen LogP contribution in [0.1, 0.15) is 32.4 Å². The number of benzene rings is 1. The van der Waals surface area contributed by atoms with Gasteiger partial charge in [-0.15, -0.1) is 0 Å². The Morgan fingerprint density at radius 1 is 1.25 bits per heavy atom. The second kappa shape index (κ2) is 4.44. The van der Waals surface area contributed by atoms with E-state index in [1.54, 1.807) is 0 Å². The molecule has 1 heterocycles. The van der Waals surface area contributed by atoms with Gasteiger partial charge >= 0.3 is 0 Å². The second-order valence-corrected chi connectivity index (χ2v) is 5.04. The highest BCUT2D eigenvalue weighted by molar-refractivity contribution is 5.29. The fourth-order valence-corrected chi connectivity index (χ4v) is 1.73. The summed E-state index contributed by atoms with van der Waals surface area (Å²) in [6, 6.07) is 8.14. The maximum atomic E-state index is 5.76. The summed E-state index contributed by atoms with van der Waals surface area (Å²) < 4.78 is 11.3. The highest BCUT2D eigenvalue weighted by Crippen LogP contribution is 2.24. The van der Waals surface area contributed by atoms with Crippen LogP contribution >= 0.6 is 0 Å². The molecule has 1 aliphatic heterocycles. The van der Waals surface area contributed by atoms with Crippen LogP contribution in [0.3, 0.4) is 0 Å². The molecule has 1 unspecified atom stereocenters. The van der Waals surface area contributed by atoms with Crippen molar-refractivity contribution in [2.24, 2.45) is 0 Å². The summed E-state index contributed by atoms with van der Waals surface area (Å²) in [6.45, 7) is 7.67. The third-order valence-corrected chi connectivity index (χ3v) is 2.39. The van der Waals surface area contributed by atoms with Gasteiger partial charge in [-0.1, -0.05) is 12.1 Å². The van der Waals surface area contributed by atoms with Crippen LogP contribution in [0.25, 0.3) is 0 Å². The highest BCUT2D eigenvalue weighted by Gasteiger charge is 2.17. The molecule has 0 saturated carbocycles. The van der Waals surface area contributed by atoms with Crippen LogP contribution in [0.15, 0.2) is 24.3 Å². The smallest absolute Gasteiger partial charge is 0.120 e. The van der Waals surface area contributed by atoms with E-state index in [0.29, 0.717) is 6.73 Å². The molecular formula is C13H19NO2. The Labute approximate surface area is 96.8 Å². The third-order valence-electron chi connectivity index (χ3n) is 2.39. The van der Waals surface area contributed by atoms with E-state index in [2.05, 4.69) is 17.4 Å². The Balaban J connectivity index is 2.04. The van der Waals surface area contributed by atoms with Crippen molar-refractivity contribution >= 4 is 0 Å². The van der Waals surface area contributed by atoms with Crippen LogP contribution in [0.2, 0.25) is 0 Å². The molecule has 2 rings (SSSR count). The summed E-state index contributed by atoms with van der Waals surface area (Å²) in [4.78, 5) is 0. The average molecular weight is 221 g/mol. The molecule has 88 valence electrons. The van der Waals surface area contributed by atoms with Crippen LogP contribution in [0, 0.1) is 0 Å². The van der Waals surface area contributed by atoms with Gasteiger partial charge in [0.05, 0.1) is 12.8 Å². The van der Waals surface area contributed by atoms with Gasteiger partial charge in [0.2, 0.25) is 0 Å². The third kappa shape index (κ3) is 2.97. The molecule has 3 heteroatoms. The summed E-state index contributed by atoms with van der Waals surface area (Å²) >= 11 is 0. The zero-order valence-electron chi connectivity index (χ0n) is 10.1. The lowest BCUT2D eigenvalue weighted by Crippen LogP contribution is -2.22. The number of rotatable bonds is 2. The minimum absolute atomic E-state index is 0.146. The van der Waals surface area contributed by atoms with Crippen LogP contribution in [0.5, 0.6) is 5.75 Å². The highest BCUT2D eigenvalue weighted by atomic mass is 16.5. The lowest BCUT2D eigenvalue weighted by Gasteiger charge is -2.21. The molecule has 0 spiro atoms.